The lowest BCUT2D eigenvalue weighted by molar-refractivity contribution is -0.671. The normalized spacial score (nSPS) is 13.2. The van der Waals surface area contributed by atoms with Gasteiger partial charge in [-0.05, 0) is 6.42 Å². The van der Waals surface area contributed by atoms with E-state index in [4.69, 9.17) is 13.3 Å². The number of imidazole rings is 1. The van der Waals surface area contributed by atoms with E-state index in [1.54, 1.807) is 21.3 Å². The molecule has 6 nitrogen and oxygen atoms in total. The minimum atomic E-state index is -2.62. The van der Waals surface area contributed by atoms with Gasteiger partial charge in [-0.15, -0.1) is 0 Å². The van der Waals surface area contributed by atoms with Crippen molar-refractivity contribution in [2.75, 3.05) is 21.3 Å². The molecule has 0 radical (unpaired) electrons. The summed E-state index contributed by atoms with van der Waals surface area (Å²) in [4.78, 5) is 0. The van der Waals surface area contributed by atoms with Gasteiger partial charge in [0.1, 0.15) is 12.4 Å². The lowest BCUT2D eigenvalue weighted by Crippen LogP contribution is -2.51. The molecule has 1 aromatic heterocycles. The molecule has 1 heterocycles. The molecule has 0 amide bonds. The predicted octanol–water partition coefficient (Wildman–Crippen LogP) is 0.504. The van der Waals surface area contributed by atoms with Gasteiger partial charge in [0.15, 0.2) is 5.67 Å². The van der Waals surface area contributed by atoms with Crippen molar-refractivity contribution >= 4 is 8.80 Å². The summed E-state index contributed by atoms with van der Waals surface area (Å²) in [6, 6.07) is 0. The molecule has 1 unspecified atom stereocenters. The topological polar surface area (TPSA) is 66.5 Å². The lowest BCUT2D eigenvalue weighted by Gasteiger charge is -2.29. The maximum absolute atomic E-state index is 5.52. The highest BCUT2D eigenvalue weighted by molar-refractivity contribution is 6.61. The second kappa shape index (κ2) is 6.87. The monoisotopic (exact) mass is 262 g/mol. The summed E-state index contributed by atoms with van der Waals surface area (Å²) in [5, 5.41) is 0. The van der Waals surface area contributed by atoms with Crippen LogP contribution in [0.2, 0.25) is 0 Å². The van der Waals surface area contributed by atoms with Crippen molar-refractivity contribution in [3.8, 4) is 0 Å². The molecule has 0 saturated carbocycles. The van der Waals surface area contributed by atoms with E-state index in [1.165, 1.54) is 0 Å². The van der Waals surface area contributed by atoms with Gasteiger partial charge in [-0.25, -0.2) is 9.13 Å². The van der Waals surface area contributed by atoms with Crippen molar-refractivity contribution in [3.05, 3.63) is 18.7 Å². The van der Waals surface area contributed by atoms with Gasteiger partial charge in [0, 0.05) is 21.3 Å². The highest BCUT2D eigenvalue weighted by atomic mass is 28.4. The number of nitrogens with zero attached hydrogens (tertiary/aromatic N) is 2. The fourth-order valence-corrected chi connectivity index (χ4v) is 4.29. The van der Waals surface area contributed by atoms with Crippen LogP contribution in [0, 0.1) is 0 Å². The summed E-state index contributed by atoms with van der Waals surface area (Å²) in [6.45, 7) is 2.10. The van der Waals surface area contributed by atoms with Crippen molar-refractivity contribution in [1.29, 1.82) is 0 Å². The van der Waals surface area contributed by atoms with Crippen LogP contribution in [0.5, 0.6) is 0 Å². The van der Waals surface area contributed by atoms with Crippen LogP contribution in [0.1, 0.15) is 19.0 Å². The fourth-order valence-electron chi connectivity index (χ4n) is 1.96. The zero-order chi connectivity index (χ0) is 12.2. The van der Waals surface area contributed by atoms with Gasteiger partial charge in [0.2, 0.25) is 6.33 Å². The first kappa shape index (κ1) is 16.3. The van der Waals surface area contributed by atoms with E-state index in [9.17, 15) is 0 Å². The van der Waals surface area contributed by atoms with Crippen LogP contribution in [0.3, 0.4) is 0 Å². The number of hydrogen-bond acceptors (Lipinski definition) is 4. The maximum Gasteiger partial charge on any atom is 0.547 e. The smallest absolute Gasteiger partial charge is 0.547 e. The number of aromatic nitrogens is 2. The largest absolute Gasteiger partial charge is 0.870 e. The molecule has 7 heteroatoms. The average molecular weight is 262 g/mol. The Morgan fingerprint density at radius 3 is 2.06 bits per heavy atom. The van der Waals surface area contributed by atoms with Crippen LogP contribution >= 0.6 is 0 Å². The Kier molecular flexibility index (Phi) is 6.57. The van der Waals surface area contributed by atoms with Gasteiger partial charge < -0.3 is 18.8 Å². The molecule has 1 aromatic rings. The van der Waals surface area contributed by atoms with Crippen LogP contribution in [0.15, 0.2) is 18.7 Å². The Labute approximate surface area is 103 Å². The van der Waals surface area contributed by atoms with Gasteiger partial charge in [0.25, 0.3) is 0 Å². The highest BCUT2D eigenvalue weighted by Gasteiger charge is 2.50. The third kappa shape index (κ3) is 3.14. The minimum absolute atomic E-state index is 0. The minimum Gasteiger partial charge on any atom is -0.870 e. The van der Waals surface area contributed by atoms with Crippen LogP contribution in [0.4, 0.5) is 0 Å². The molecule has 1 rings (SSSR count). The van der Waals surface area contributed by atoms with E-state index in [-0.39, 0.29) is 11.1 Å². The second-order valence-electron chi connectivity index (χ2n) is 3.67. The van der Waals surface area contributed by atoms with E-state index in [2.05, 4.69) is 11.5 Å². The molecule has 1 N–H and O–H groups in total. The van der Waals surface area contributed by atoms with E-state index in [0.717, 1.165) is 6.42 Å². The van der Waals surface area contributed by atoms with Crippen molar-refractivity contribution in [2.24, 2.45) is 7.05 Å². The van der Waals surface area contributed by atoms with Crippen molar-refractivity contribution in [1.82, 2.24) is 4.57 Å². The Hall–Kier alpha value is -0.733. The molecule has 17 heavy (non-hydrogen) atoms. The van der Waals surface area contributed by atoms with Gasteiger partial charge in [0.05, 0.1) is 7.05 Å². The fraction of sp³-hybridized carbons (Fsp3) is 0.700. The summed E-state index contributed by atoms with van der Waals surface area (Å²) in [6.07, 6.45) is 6.90. The maximum atomic E-state index is 5.52. The van der Waals surface area contributed by atoms with Crippen LogP contribution in [-0.4, -0.2) is 40.2 Å². The van der Waals surface area contributed by atoms with Gasteiger partial charge >= 0.3 is 8.80 Å². The van der Waals surface area contributed by atoms with E-state index in [1.807, 2.05) is 30.3 Å². The van der Waals surface area contributed by atoms with Crippen LogP contribution < -0.4 is 4.57 Å². The SMILES string of the molecule is CCC(n1cc[n+](C)c1)[Si](OC)(OC)OC.[OH-]. The van der Waals surface area contributed by atoms with Crippen molar-refractivity contribution in [2.45, 2.75) is 19.0 Å². The summed E-state index contributed by atoms with van der Waals surface area (Å²) < 4.78 is 20.6. The van der Waals surface area contributed by atoms with Crippen LogP contribution in [0.25, 0.3) is 0 Å². The van der Waals surface area contributed by atoms with Crippen molar-refractivity contribution in [3.63, 3.8) is 0 Å². The third-order valence-electron chi connectivity index (χ3n) is 2.80. The second-order valence-corrected chi connectivity index (χ2v) is 6.76. The highest BCUT2D eigenvalue weighted by Crippen LogP contribution is 2.25. The standard InChI is InChI=1S/C10H21N2O3Si.H2O/c1-6-10(12-8-7-11(2)9-12)16(13-3,14-4)15-5;/h7-10H,6H2,1-5H3;1H2/q+1;/p-1. The van der Waals surface area contributed by atoms with Gasteiger partial charge in [-0.3, -0.25) is 0 Å². The number of hydrogen-bond donors (Lipinski definition) is 0. The molecule has 0 spiro atoms. The summed E-state index contributed by atoms with van der Waals surface area (Å²) >= 11 is 0. The average Bonchev–Trinajstić information content (AvgIpc) is 2.72. The van der Waals surface area contributed by atoms with Crippen LogP contribution in [-0.2, 0) is 20.3 Å². The quantitative estimate of drug-likeness (QED) is 0.553. The zero-order valence-corrected chi connectivity index (χ0v) is 12.1. The van der Waals surface area contributed by atoms with Gasteiger partial charge in [-0.1, -0.05) is 6.92 Å². The lowest BCUT2D eigenvalue weighted by atomic mass is 10.5. The Morgan fingerprint density at radius 1 is 1.24 bits per heavy atom. The van der Waals surface area contributed by atoms with Crippen molar-refractivity contribution < 1.29 is 23.3 Å². The first-order valence-electron chi connectivity index (χ1n) is 5.31. The Balaban J connectivity index is 0.00000256. The summed E-state index contributed by atoms with van der Waals surface area (Å²) in [5.41, 5.74) is 0.105. The van der Waals surface area contributed by atoms with Gasteiger partial charge in [-0.2, -0.15) is 0 Å². The van der Waals surface area contributed by atoms with E-state index >= 15 is 0 Å². The third-order valence-corrected chi connectivity index (χ3v) is 6.03. The zero-order valence-electron chi connectivity index (χ0n) is 11.1. The number of aryl methyl sites for hydroxylation is 1. The molecule has 0 aliphatic rings. The predicted molar refractivity (Wildman–Crippen MR) is 63.7 cm³/mol. The molecular weight excluding hydrogens is 240 g/mol. The molecule has 100 valence electrons. The first-order valence-corrected chi connectivity index (χ1v) is 7.11. The van der Waals surface area contributed by atoms with E-state index in [0.29, 0.717) is 0 Å². The molecule has 0 aliphatic heterocycles. The Morgan fingerprint density at radius 2 is 1.76 bits per heavy atom. The Bertz CT molecular complexity index is 320. The first-order chi connectivity index (χ1) is 7.63. The molecule has 0 aromatic carbocycles. The molecule has 0 bridgehead atoms. The molecule has 1 atom stereocenters. The molecule has 0 saturated heterocycles. The summed E-state index contributed by atoms with van der Waals surface area (Å²) in [7, 11) is 4.29. The molecule has 0 fully saturated rings. The summed E-state index contributed by atoms with van der Waals surface area (Å²) in [5.74, 6) is 0. The molecule has 0 aliphatic carbocycles. The molecular formula is C10H22N2O4Si. The van der Waals surface area contributed by atoms with E-state index < -0.39 is 8.80 Å². The number of rotatable bonds is 6.